The van der Waals surface area contributed by atoms with Crippen molar-refractivity contribution in [2.24, 2.45) is 0 Å². The number of ether oxygens (including phenoxy) is 1. The van der Waals surface area contributed by atoms with Gasteiger partial charge in [-0.05, 0) is 24.3 Å². The largest absolute Gasteiger partial charge is 0.489 e. The predicted octanol–water partition coefficient (Wildman–Crippen LogP) is 5.10. The van der Waals surface area contributed by atoms with Crippen molar-refractivity contribution in [2.75, 3.05) is 0 Å². The van der Waals surface area contributed by atoms with Crippen LogP contribution in [0.4, 0.5) is 30.7 Å². The molecule has 1 heterocycles. The van der Waals surface area contributed by atoms with Gasteiger partial charge in [-0.15, -0.1) is 5.10 Å². The van der Waals surface area contributed by atoms with Crippen LogP contribution in [0.5, 0.6) is 5.75 Å². The van der Waals surface area contributed by atoms with Crippen molar-refractivity contribution < 1.29 is 35.5 Å². The summed E-state index contributed by atoms with van der Waals surface area (Å²) in [7, 11) is 0. The second kappa shape index (κ2) is 7.66. The van der Waals surface area contributed by atoms with Gasteiger partial charge in [0.05, 0.1) is 11.1 Å². The van der Waals surface area contributed by atoms with Crippen molar-refractivity contribution in [1.82, 2.24) is 15.4 Å². The highest BCUT2D eigenvalue weighted by molar-refractivity contribution is 5.65. The van der Waals surface area contributed by atoms with Crippen molar-refractivity contribution in [1.29, 1.82) is 5.26 Å². The monoisotopic (exact) mass is 430 g/mol. The number of aromatic nitrogens is 3. The van der Waals surface area contributed by atoms with Gasteiger partial charge in [0.2, 0.25) is 0 Å². The summed E-state index contributed by atoms with van der Waals surface area (Å²) in [6.45, 7) is -0.778. The quantitative estimate of drug-likeness (QED) is 0.585. The Balaban J connectivity index is 1.91. The maximum absolute atomic E-state index is 13.9. The lowest BCUT2D eigenvalue weighted by atomic mass is 10.0. The Hall–Kier alpha value is -3.62. The van der Waals surface area contributed by atoms with Crippen molar-refractivity contribution in [2.45, 2.75) is 19.0 Å². The van der Waals surface area contributed by atoms with Crippen LogP contribution in [0.25, 0.3) is 11.3 Å². The molecule has 0 radical (unpaired) electrons. The second-order valence-electron chi connectivity index (χ2n) is 5.98. The summed E-state index contributed by atoms with van der Waals surface area (Å²) in [5, 5.41) is 18.3. The molecule has 0 spiro atoms. The van der Waals surface area contributed by atoms with E-state index in [1.165, 1.54) is 6.07 Å². The van der Waals surface area contributed by atoms with Crippen LogP contribution in [0.3, 0.4) is 0 Å². The minimum absolute atomic E-state index is 0.00707. The molecule has 0 fully saturated rings. The van der Waals surface area contributed by atoms with Gasteiger partial charge in [-0.3, -0.25) is 0 Å². The van der Waals surface area contributed by atoms with Gasteiger partial charge in [0.1, 0.15) is 29.9 Å². The Bertz CT molecular complexity index is 1110. The number of alkyl halides is 6. The van der Waals surface area contributed by atoms with Crippen LogP contribution in [0.1, 0.15) is 22.4 Å². The summed E-state index contributed by atoms with van der Waals surface area (Å²) in [5.74, 6) is -1.05. The zero-order valence-corrected chi connectivity index (χ0v) is 14.6. The molecule has 0 unspecified atom stereocenters. The normalized spacial score (nSPS) is 11.9. The fraction of sp³-hybridized carbons (Fsp3) is 0.167. The van der Waals surface area contributed by atoms with E-state index in [2.05, 4.69) is 15.4 Å². The second-order valence-corrected chi connectivity index (χ2v) is 5.98. The van der Waals surface area contributed by atoms with Gasteiger partial charge in [0.15, 0.2) is 5.69 Å². The molecule has 3 aromatic rings. The summed E-state index contributed by atoms with van der Waals surface area (Å²) in [4.78, 5) is 0. The third kappa shape index (κ3) is 4.51. The molecule has 156 valence electrons. The number of halogens is 7. The molecule has 0 amide bonds. The van der Waals surface area contributed by atoms with Gasteiger partial charge in [0.25, 0.3) is 0 Å². The molecule has 0 aliphatic carbocycles. The van der Waals surface area contributed by atoms with Crippen LogP contribution in [0, 0.1) is 17.1 Å². The van der Waals surface area contributed by atoms with Gasteiger partial charge in [-0.2, -0.15) is 31.6 Å². The number of benzene rings is 2. The van der Waals surface area contributed by atoms with Crippen LogP contribution in [-0.4, -0.2) is 15.4 Å². The molecular weight excluding hydrogens is 421 g/mol. The average molecular weight is 430 g/mol. The smallest absolute Gasteiger partial charge is 0.416 e. The molecule has 1 aromatic heterocycles. The Kier molecular flexibility index (Phi) is 5.39. The average Bonchev–Trinajstić information content (AvgIpc) is 3.13. The first-order valence-electron chi connectivity index (χ1n) is 8.01. The number of nitrogens with zero attached hydrogens (tertiary/aromatic N) is 3. The van der Waals surface area contributed by atoms with Crippen LogP contribution in [0.2, 0.25) is 0 Å². The van der Waals surface area contributed by atoms with E-state index in [1.807, 2.05) is 0 Å². The minimum atomic E-state index is -5.06. The van der Waals surface area contributed by atoms with E-state index in [1.54, 1.807) is 6.07 Å². The molecule has 0 aliphatic rings. The predicted molar refractivity (Wildman–Crippen MR) is 87.3 cm³/mol. The molecule has 2 aromatic carbocycles. The highest BCUT2D eigenvalue weighted by atomic mass is 19.4. The first-order chi connectivity index (χ1) is 14.0. The number of hydrogen-bond donors (Lipinski definition) is 1. The summed E-state index contributed by atoms with van der Waals surface area (Å²) < 4.78 is 97.0. The van der Waals surface area contributed by atoms with Gasteiger partial charge in [-0.1, -0.05) is 11.3 Å². The van der Waals surface area contributed by atoms with Gasteiger partial charge in [-0.25, -0.2) is 9.49 Å². The molecule has 0 saturated heterocycles. The molecule has 5 nitrogen and oxygen atoms in total. The number of rotatable bonds is 4. The highest BCUT2D eigenvalue weighted by Crippen LogP contribution is 2.38. The Morgan fingerprint density at radius 3 is 2.37 bits per heavy atom. The summed E-state index contributed by atoms with van der Waals surface area (Å²) >= 11 is 0. The molecule has 0 atom stereocenters. The molecule has 12 heteroatoms. The van der Waals surface area contributed by atoms with E-state index < -0.39 is 41.5 Å². The third-order valence-corrected chi connectivity index (χ3v) is 3.94. The van der Waals surface area contributed by atoms with E-state index in [0.717, 1.165) is 12.1 Å². The summed E-state index contributed by atoms with van der Waals surface area (Å²) in [6, 6.07) is 5.97. The van der Waals surface area contributed by atoms with E-state index in [0.29, 0.717) is 12.1 Å². The van der Waals surface area contributed by atoms with Crippen molar-refractivity contribution >= 4 is 0 Å². The number of H-pyrrole nitrogens is 1. The number of aromatic amines is 1. The zero-order chi connectivity index (χ0) is 22.1. The van der Waals surface area contributed by atoms with Gasteiger partial charge >= 0.3 is 12.4 Å². The van der Waals surface area contributed by atoms with Crippen molar-refractivity contribution in [3.8, 4) is 23.1 Å². The standard InChI is InChI=1S/C18H9F7N4O/c19-12-3-10(16-15(7-26)27-29-28-16)4-13(6-12)30-8-9-1-2-11(17(20,21)22)5-14(9)18(23,24)25/h1-6H,8H2,(H,27,28,29). The fourth-order valence-corrected chi connectivity index (χ4v) is 2.59. The maximum Gasteiger partial charge on any atom is 0.416 e. The molecule has 0 saturated carbocycles. The van der Waals surface area contributed by atoms with Crippen molar-refractivity contribution in [3.05, 3.63) is 64.6 Å². The van der Waals surface area contributed by atoms with E-state index in [-0.39, 0.29) is 28.8 Å². The first kappa shape index (κ1) is 21.1. The number of hydrogen-bond acceptors (Lipinski definition) is 4. The van der Waals surface area contributed by atoms with Crippen LogP contribution < -0.4 is 4.74 Å². The Morgan fingerprint density at radius 1 is 1.00 bits per heavy atom. The van der Waals surface area contributed by atoms with Crippen LogP contribution in [0.15, 0.2) is 36.4 Å². The lowest BCUT2D eigenvalue weighted by molar-refractivity contribution is -0.143. The van der Waals surface area contributed by atoms with E-state index in [9.17, 15) is 30.7 Å². The van der Waals surface area contributed by atoms with Crippen molar-refractivity contribution in [3.63, 3.8) is 0 Å². The molecule has 3 rings (SSSR count). The SMILES string of the molecule is N#Cc1[nH]nnc1-c1cc(F)cc(OCc2ccc(C(F)(F)F)cc2C(F)(F)F)c1. The van der Waals surface area contributed by atoms with E-state index >= 15 is 0 Å². The zero-order valence-electron chi connectivity index (χ0n) is 14.6. The van der Waals surface area contributed by atoms with E-state index in [4.69, 9.17) is 10.00 Å². The lowest BCUT2D eigenvalue weighted by Crippen LogP contribution is -2.14. The third-order valence-electron chi connectivity index (χ3n) is 3.94. The number of nitrogens with one attached hydrogen (secondary N) is 1. The number of nitriles is 1. The molecular formula is C18H9F7N4O. The van der Waals surface area contributed by atoms with Gasteiger partial charge < -0.3 is 4.74 Å². The Morgan fingerprint density at radius 2 is 1.73 bits per heavy atom. The maximum atomic E-state index is 13.9. The lowest BCUT2D eigenvalue weighted by Gasteiger charge is -2.16. The Labute approximate surface area is 163 Å². The molecule has 0 bridgehead atoms. The summed E-state index contributed by atoms with van der Waals surface area (Å²) in [6.07, 6.45) is -10.0. The minimum Gasteiger partial charge on any atom is -0.489 e. The molecule has 1 N–H and O–H groups in total. The first-order valence-corrected chi connectivity index (χ1v) is 8.01. The van der Waals surface area contributed by atoms with Crippen LogP contribution in [-0.2, 0) is 19.0 Å². The molecule has 30 heavy (non-hydrogen) atoms. The van der Waals surface area contributed by atoms with Crippen LogP contribution >= 0.6 is 0 Å². The fourth-order valence-electron chi connectivity index (χ4n) is 2.59. The topological polar surface area (TPSA) is 74.6 Å². The van der Waals surface area contributed by atoms with Gasteiger partial charge in [0, 0.05) is 17.2 Å². The summed E-state index contributed by atoms with van der Waals surface area (Å²) in [5.41, 5.74) is -3.56. The highest BCUT2D eigenvalue weighted by Gasteiger charge is 2.38. The molecule has 0 aliphatic heterocycles.